The molecule has 0 aliphatic carbocycles. The second-order valence-corrected chi connectivity index (χ2v) is 5.22. The van der Waals surface area contributed by atoms with Crippen LogP contribution in [0.15, 0.2) is 0 Å². The third kappa shape index (κ3) is 7.69. The molecule has 0 rings (SSSR count). The number of carbonyl (C=O) groups is 1. The van der Waals surface area contributed by atoms with Crippen LogP contribution in [0.25, 0.3) is 0 Å². The highest BCUT2D eigenvalue weighted by molar-refractivity contribution is 5.70. The highest BCUT2D eigenvalue weighted by Crippen LogP contribution is 2.11. The number of carboxylic acids is 1. The molecule has 0 aliphatic rings. The summed E-state index contributed by atoms with van der Waals surface area (Å²) in [6.45, 7) is 10.0. The summed E-state index contributed by atoms with van der Waals surface area (Å²) in [5.74, 6) is 0.160. The molecule has 0 aromatic heterocycles. The Bertz CT molecular complexity index is 192. The number of nitrogens with one attached hydrogen (secondary N) is 1. The van der Waals surface area contributed by atoms with Crippen molar-refractivity contribution in [3.05, 3.63) is 0 Å². The first kappa shape index (κ1) is 15.4. The Morgan fingerprint density at radius 1 is 1.25 bits per heavy atom. The summed E-state index contributed by atoms with van der Waals surface area (Å²) in [6, 6.07) is 0. The largest absolute Gasteiger partial charge is 0.481 e. The standard InChI is InChI=1S/C13H27NO2/c1-5-6-11(4)8-14-9-12(13(15)16)7-10(2)3/h10-12,14H,5-9H2,1-4H3,(H,15,16). The Kier molecular flexibility index (Phi) is 8.26. The monoisotopic (exact) mass is 229 g/mol. The zero-order chi connectivity index (χ0) is 12.6. The van der Waals surface area contributed by atoms with E-state index in [0.29, 0.717) is 18.4 Å². The van der Waals surface area contributed by atoms with Crippen LogP contribution in [-0.2, 0) is 4.79 Å². The Morgan fingerprint density at radius 3 is 2.31 bits per heavy atom. The van der Waals surface area contributed by atoms with E-state index in [1.807, 2.05) is 0 Å². The zero-order valence-corrected chi connectivity index (χ0v) is 11.1. The lowest BCUT2D eigenvalue weighted by Crippen LogP contribution is -2.32. The van der Waals surface area contributed by atoms with E-state index in [9.17, 15) is 4.79 Å². The molecule has 96 valence electrons. The summed E-state index contributed by atoms with van der Waals surface area (Å²) in [7, 11) is 0. The van der Waals surface area contributed by atoms with Crippen molar-refractivity contribution in [1.82, 2.24) is 5.32 Å². The number of hydrogen-bond donors (Lipinski definition) is 2. The van der Waals surface area contributed by atoms with Gasteiger partial charge < -0.3 is 10.4 Å². The zero-order valence-electron chi connectivity index (χ0n) is 11.1. The van der Waals surface area contributed by atoms with Crippen molar-refractivity contribution in [3.8, 4) is 0 Å². The number of hydrogen-bond acceptors (Lipinski definition) is 2. The van der Waals surface area contributed by atoms with E-state index in [0.717, 1.165) is 13.0 Å². The van der Waals surface area contributed by atoms with Gasteiger partial charge in [0, 0.05) is 6.54 Å². The maximum Gasteiger partial charge on any atom is 0.307 e. The predicted octanol–water partition coefficient (Wildman–Crippen LogP) is 2.76. The van der Waals surface area contributed by atoms with Gasteiger partial charge in [0.2, 0.25) is 0 Å². The quantitative estimate of drug-likeness (QED) is 0.639. The van der Waals surface area contributed by atoms with Gasteiger partial charge in [-0.1, -0.05) is 34.1 Å². The maximum absolute atomic E-state index is 11.0. The number of rotatable bonds is 9. The van der Waals surface area contributed by atoms with Crippen LogP contribution < -0.4 is 5.32 Å². The second kappa shape index (κ2) is 8.57. The molecule has 0 radical (unpaired) electrons. The van der Waals surface area contributed by atoms with Gasteiger partial charge in [-0.2, -0.15) is 0 Å². The van der Waals surface area contributed by atoms with E-state index in [2.05, 4.69) is 33.0 Å². The van der Waals surface area contributed by atoms with E-state index in [1.54, 1.807) is 0 Å². The molecule has 0 bridgehead atoms. The van der Waals surface area contributed by atoms with Gasteiger partial charge >= 0.3 is 5.97 Å². The minimum atomic E-state index is -0.677. The fourth-order valence-corrected chi connectivity index (χ4v) is 1.94. The molecule has 3 nitrogen and oxygen atoms in total. The summed E-state index contributed by atoms with van der Waals surface area (Å²) < 4.78 is 0. The van der Waals surface area contributed by atoms with Gasteiger partial charge in [-0.25, -0.2) is 0 Å². The van der Waals surface area contributed by atoms with E-state index < -0.39 is 5.97 Å². The molecular weight excluding hydrogens is 202 g/mol. The summed E-state index contributed by atoms with van der Waals surface area (Å²) in [6.07, 6.45) is 3.15. The van der Waals surface area contributed by atoms with Crippen molar-refractivity contribution in [2.45, 2.75) is 47.0 Å². The van der Waals surface area contributed by atoms with Crippen molar-refractivity contribution < 1.29 is 9.90 Å². The first-order valence-corrected chi connectivity index (χ1v) is 6.40. The smallest absolute Gasteiger partial charge is 0.307 e. The molecule has 0 amide bonds. The van der Waals surface area contributed by atoms with Crippen LogP contribution in [0.1, 0.15) is 47.0 Å². The summed E-state index contributed by atoms with van der Waals surface area (Å²) in [4.78, 5) is 11.0. The van der Waals surface area contributed by atoms with Crippen LogP contribution in [0.5, 0.6) is 0 Å². The molecule has 0 spiro atoms. The summed E-state index contributed by atoms with van der Waals surface area (Å²) >= 11 is 0. The topological polar surface area (TPSA) is 49.3 Å². The molecule has 0 saturated heterocycles. The molecule has 16 heavy (non-hydrogen) atoms. The Labute approximate surface area is 99.6 Å². The lowest BCUT2D eigenvalue weighted by molar-refractivity contribution is -0.142. The maximum atomic E-state index is 11.0. The first-order valence-electron chi connectivity index (χ1n) is 6.40. The molecule has 2 unspecified atom stereocenters. The molecule has 0 saturated carbocycles. The normalized spacial score (nSPS) is 15.1. The van der Waals surface area contributed by atoms with Gasteiger partial charge in [0.1, 0.15) is 0 Å². The molecule has 0 heterocycles. The van der Waals surface area contributed by atoms with Crippen molar-refractivity contribution in [1.29, 1.82) is 0 Å². The van der Waals surface area contributed by atoms with Gasteiger partial charge in [0.15, 0.2) is 0 Å². The fourth-order valence-electron chi connectivity index (χ4n) is 1.94. The molecule has 3 heteroatoms. The van der Waals surface area contributed by atoms with Gasteiger partial charge in [-0.15, -0.1) is 0 Å². The molecule has 0 aliphatic heterocycles. The lowest BCUT2D eigenvalue weighted by atomic mass is 9.97. The van der Waals surface area contributed by atoms with Crippen LogP contribution in [0.2, 0.25) is 0 Å². The predicted molar refractivity (Wildman–Crippen MR) is 67.5 cm³/mol. The van der Waals surface area contributed by atoms with Crippen molar-refractivity contribution in [3.63, 3.8) is 0 Å². The SMILES string of the molecule is CCCC(C)CNCC(CC(C)C)C(=O)O. The van der Waals surface area contributed by atoms with Crippen LogP contribution >= 0.6 is 0 Å². The second-order valence-electron chi connectivity index (χ2n) is 5.22. The highest BCUT2D eigenvalue weighted by atomic mass is 16.4. The minimum absolute atomic E-state index is 0.242. The summed E-state index contributed by atoms with van der Waals surface area (Å²) in [5, 5.41) is 12.3. The van der Waals surface area contributed by atoms with Crippen LogP contribution in [0.3, 0.4) is 0 Å². The Morgan fingerprint density at radius 2 is 1.88 bits per heavy atom. The van der Waals surface area contributed by atoms with E-state index in [-0.39, 0.29) is 5.92 Å². The molecular formula is C13H27NO2. The van der Waals surface area contributed by atoms with Gasteiger partial charge in [0.05, 0.1) is 5.92 Å². The lowest BCUT2D eigenvalue weighted by Gasteiger charge is -2.17. The number of aliphatic carboxylic acids is 1. The molecule has 0 aromatic carbocycles. The van der Waals surface area contributed by atoms with E-state index in [4.69, 9.17) is 5.11 Å². The number of carboxylic acid groups (broad SMARTS) is 1. The van der Waals surface area contributed by atoms with E-state index in [1.165, 1.54) is 12.8 Å². The van der Waals surface area contributed by atoms with Crippen LogP contribution in [0, 0.1) is 17.8 Å². The Balaban J connectivity index is 3.80. The van der Waals surface area contributed by atoms with Gasteiger partial charge in [-0.05, 0) is 31.2 Å². The van der Waals surface area contributed by atoms with Crippen molar-refractivity contribution in [2.75, 3.05) is 13.1 Å². The van der Waals surface area contributed by atoms with Gasteiger partial charge in [0.25, 0.3) is 0 Å². The Hall–Kier alpha value is -0.570. The molecule has 0 aromatic rings. The average Bonchev–Trinajstić information content (AvgIpc) is 2.15. The first-order chi connectivity index (χ1) is 7.47. The molecule has 0 fully saturated rings. The fraction of sp³-hybridized carbons (Fsp3) is 0.923. The molecule has 2 atom stereocenters. The molecule has 2 N–H and O–H groups in total. The van der Waals surface area contributed by atoms with Gasteiger partial charge in [-0.3, -0.25) is 4.79 Å². The van der Waals surface area contributed by atoms with Crippen molar-refractivity contribution in [2.24, 2.45) is 17.8 Å². The summed E-state index contributed by atoms with van der Waals surface area (Å²) in [5.41, 5.74) is 0. The third-order valence-electron chi connectivity index (χ3n) is 2.77. The van der Waals surface area contributed by atoms with E-state index >= 15 is 0 Å². The van der Waals surface area contributed by atoms with Crippen LogP contribution in [-0.4, -0.2) is 24.2 Å². The van der Waals surface area contributed by atoms with Crippen LogP contribution in [0.4, 0.5) is 0 Å². The highest BCUT2D eigenvalue weighted by Gasteiger charge is 2.18. The minimum Gasteiger partial charge on any atom is -0.481 e. The third-order valence-corrected chi connectivity index (χ3v) is 2.77. The average molecular weight is 229 g/mol. The van der Waals surface area contributed by atoms with Crippen molar-refractivity contribution >= 4 is 5.97 Å².